The van der Waals surface area contributed by atoms with Crippen LogP contribution in [0.15, 0.2) is 24.3 Å². The van der Waals surface area contributed by atoms with Gasteiger partial charge in [-0.1, -0.05) is 26.0 Å². The lowest BCUT2D eigenvalue weighted by Gasteiger charge is -2.19. The summed E-state index contributed by atoms with van der Waals surface area (Å²) in [6.45, 7) is 7.97. The molecule has 1 unspecified atom stereocenters. The number of hydrogen-bond acceptors (Lipinski definition) is 4. The van der Waals surface area contributed by atoms with Crippen LogP contribution in [0.3, 0.4) is 0 Å². The number of benzene rings is 1. The Balaban J connectivity index is 2.46. The minimum atomic E-state index is 0.186. The van der Waals surface area contributed by atoms with Gasteiger partial charge in [-0.05, 0) is 37.1 Å². The molecule has 0 aliphatic rings. The molecular weight excluding hydrogens is 266 g/mol. The molecule has 0 aliphatic heterocycles. The first-order chi connectivity index (χ1) is 10.3. The molecule has 0 fully saturated rings. The zero-order valence-electron chi connectivity index (χ0n) is 13.6. The molecule has 0 saturated heterocycles. The number of rotatable bonds is 12. The molecule has 1 aromatic rings. The van der Waals surface area contributed by atoms with E-state index in [4.69, 9.17) is 14.2 Å². The van der Waals surface area contributed by atoms with E-state index in [1.165, 1.54) is 5.56 Å². The largest absolute Gasteiger partial charge is 0.497 e. The molecule has 1 N–H and O–H groups in total. The SMILES string of the molecule is CCCNC(COCCOCCC)c1cccc(OC)c1. The second kappa shape index (κ2) is 11.5. The van der Waals surface area contributed by atoms with Crippen LogP contribution in [0.2, 0.25) is 0 Å². The van der Waals surface area contributed by atoms with E-state index in [0.717, 1.165) is 31.7 Å². The first-order valence-corrected chi connectivity index (χ1v) is 7.84. The number of hydrogen-bond donors (Lipinski definition) is 1. The molecule has 21 heavy (non-hydrogen) atoms. The van der Waals surface area contributed by atoms with E-state index < -0.39 is 0 Å². The number of nitrogens with one attached hydrogen (secondary N) is 1. The Kier molecular flexibility index (Phi) is 9.87. The lowest BCUT2D eigenvalue weighted by Crippen LogP contribution is -2.27. The van der Waals surface area contributed by atoms with E-state index >= 15 is 0 Å². The van der Waals surface area contributed by atoms with E-state index in [-0.39, 0.29) is 6.04 Å². The Bertz CT molecular complexity index is 371. The smallest absolute Gasteiger partial charge is 0.119 e. The van der Waals surface area contributed by atoms with Crippen molar-refractivity contribution in [2.45, 2.75) is 32.7 Å². The quantitative estimate of drug-likeness (QED) is 0.601. The maximum atomic E-state index is 5.74. The molecule has 0 amide bonds. The van der Waals surface area contributed by atoms with Gasteiger partial charge in [0.15, 0.2) is 0 Å². The minimum Gasteiger partial charge on any atom is -0.497 e. The normalized spacial score (nSPS) is 12.3. The first kappa shape index (κ1) is 18.0. The van der Waals surface area contributed by atoms with Crippen LogP contribution in [0.5, 0.6) is 5.75 Å². The molecule has 0 bridgehead atoms. The highest BCUT2D eigenvalue weighted by Gasteiger charge is 2.11. The average molecular weight is 295 g/mol. The van der Waals surface area contributed by atoms with Gasteiger partial charge in [-0.2, -0.15) is 0 Å². The molecule has 0 aliphatic carbocycles. The van der Waals surface area contributed by atoms with Gasteiger partial charge in [0.1, 0.15) is 5.75 Å². The zero-order chi connectivity index (χ0) is 15.3. The summed E-state index contributed by atoms with van der Waals surface area (Å²) in [7, 11) is 1.69. The third-order valence-corrected chi connectivity index (χ3v) is 3.14. The summed E-state index contributed by atoms with van der Waals surface area (Å²) in [6, 6.07) is 8.32. The van der Waals surface area contributed by atoms with Crippen LogP contribution in [0.1, 0.15) is 38.3 Å². The maximum absolute atomic E-state index is 5.74. The molecule has 0 aromatic heterocycles. The van der Waals surface area contributed by atoms with Crippen molar-refractivity contribution in [3.63, 3.8) is 0 Å². The molecule has 0 heterocycles. The molecule has 0 saturated carbocycles. The Morgan fingerprint density at radius 2 is 1.86 bits per heavy atom. The maximum Gasteiger partial charge on any atom is 0.119 e. The van der Waals surface area contributed by atoms with Gasteiger partial charge in [-0.25, -0.2) is 0 Å². The van der Waals surface area contributed by atoms with Crippen molar-refractivity contribution in [1.82, 2.24) is 5.32 Å². The third kappa shape index (κ3) is 7.46. The molecule has 120 valence electrons. The van der Waals surface area contributed by atoms with Crippen molar-refractivity contribution < 1.29 is 14.2 Å². The van der Waals surface area contributed by atoms with Crippen molar-refractivity contribution in [3.8, 4) is 5.75 Å². The predicted molar refractivity (Wildman–Crippen MR) is 86.0 cm³/mol. The Labute approximate surface area is 128 Å². The molecule has 1 aromatic carbocycles. The van der Waals surface area contributed by atoms with Gasteiger partial charge in [0.2, 0.25) is 0 Å². The summed E-state index contributed by atoms with van der Waals surface area (Å²) >= 11 is 0. The van der Waals surface area contributed by atoms with Gasteiger partial charge < -0.3 is 19.5 Å². The van der Waals surface area contributed by atoms with Crippen LogP contribution in [0.4, 0.5) is 0 Å². The van der Waals surface area contributed by atoms with Crippen LogP contribution >= 0.6 is 0 Å². The molecule has 4 nitrogen and oxygen atoms in total. The molecule has 0 spiro atoms. The highest BCUT2D eigenvalue weighted by Crippen LogP contribution is 2.19. The molecule has 1 atom stereocenters. The predicted octanol–water partition coefficient (Wildman–Crippen LogP) is 3.18. The highest BCUT2D eigenvalue weighted by molar-refractivity contribution is 5.30. The van der Waals surface area contributed by atoms with Gasteiger partial charge in [-0.15, -0.1) is 0 Å². The van der Waals surface area contributed by atoms with Crippen LogP contribution in [0.25, 0.3) is 0 Å². The summed E-state index contributed by atoms with van der Waals surface area (Å²) in [6.07, 6.45) is 2.14. The second-order valence-corrected chi connectivity index (χ2v) is 4.97. The highest BCUT2D eigenvalue weighted by atomic mass is 16.5. The summed E-state index contributed by atoms with van der Waals surface area (Å²) in [5, 5.41) is 3.52. The van der Waals surface area contributed by atoms with E-state index in [0.29, 0.717) is 19.8 Å². The average Bonchev–Trinajstić information content (AvgIpc) is 2.53. The zero-order valence-corrected chi connectivity index (χ0v) is 13.6. The molecular formula is C17H29NO3. The molecule has 0 radical (unpaired) electrons. The Hall–Kier alpha value is -1.10. The summed E-state index contributed by atoms with van der Waals surface area (Å²) in [5.41, 5.74) is 1.19. The second-order valence-electron chi connectivity index (χ2n) is 4.97. The first-order valence-electron chi connectivity index (χ1n) is 7.84. The third-order valence-electron chi connectivity index (χ3n) is 3.14. The van der Waals surface area contributed by atoms with Crippen molar-refractivity contribution in [2.75, 3.05) is 40.1 Å². The fourth-order valence-corrected chi connectivity index (χ4v) is 2.02. The van der Waals surface area contributed by atoms with Gasteiger partial charge >= 0.3 is 0 Å². The van der Waals surface area contributed by atoms with Crippen molar-refractivity contribution >= 4 is 0 Å². The molecule has 4 heteroatoms. The van der Waals surface area contributed by atoms with Gasteiger partial charge in [-0.3, -0.25) is 0 Å². The van der Waals surface area contributed by atoms with Crippen molar-refractivity contribution in [2.24, 2.45) is 0 Å². The molecule has 1 rings (SSSR count). The van der Waals surface area contributed by atoms with Gasteiger partial charge in [0.05, 0.1) is 33.0 Å². The Morgan fingerprint density at radius 1 is 1.05 bits per heavy atom. The van der Waals surface area contributed by atoms with Crippen LogP contribution in [-0.4, -0.2) is 40.1 Å². The van der Waals surface area contributed by atoms with E-state index in [9.17, 15) is 0 Å². The Morgan fingerprint density at radius 3 is 2.57 bits per heavy atom. The number of ether oxygens (including phenoxy) is 3. The lowest BCUT2D eigenvalue weighted by molar-refractivity contribution is 0.0391. The fourth-order valence-electron chi connectivity index (χ4n) is 2.02. The lowest BCUT2D eigenvalue weighted by atomic mass is 10.1. The van der Waals surface area contributed by atoms with Gasteiger partial charge in [0, 0.05) is 6.61 Å². The van der Waals surface area contributed by atoms with Gasteiger partial charge in [0.25, 0.3) is 0 Å². The van der Waals surface area contributed by atoms with Crippen molar-refractivity contribution in [1.29, 1.82) is 0 Å². The summed E-state index contributed by atoms with van der Waals surface area (Å²) in [4.78, 5) is 0. The standard InChI is InChI=1S/C17H29NO3/c1-4-9-18-17(14-21-12-11-20-10-5-2)15-7-6-8-16(13-15)19-3/h6-8,13,17-18H,4-5,9-12,14H2,1-3H3. The summed E-state index contributed by atoms with van der Waals surface area (Å²) < 4.78 is 16.5. The monoisotopic (exact) mass is 295 g/mol. The number of methoxy groups -OCH3 is 1. The van der Waals surface area contributed by atoms with Crippen molar-refractivity contribution in [3.05, 3.63) is 29.8 Å². The summed E-state index contributed by atoms with van der Waals surface area (Å²) in [5.74, 6) is 0.877. The van der Waals surface area contributed by atoms with E-state index in [2.05, 4.69) is 31.3 Å². The van der Waals surface area contributed by atoms with Crippen LogP contribution in [-0.2, 0) is 9.47 Å². The van der Waals surface area contributed by atoms with Crippen LogP contribution < -0.4 is 10.1 Å². The topological polar surface area (TPSA) is 39.7 Å². The van der Waals surface area contributed by atoms with E-state index in [1.807, 2.05) is 12.1 Å². The van der Waals surface area contributed by atoms with Crippen LogP contribution in [0, 0.1) is 0 Å². The van der Waals surface area contributed by atoms with E-state index in [1.54, 1.807) is 7.11 Å². The minimum absolute atomic E-state index is 0.186. The fraction of sp³-hybridized carbons (Fsp3) is 0.647.